The van der Waals surface area contributed by atoms with Crippen molar-refractivity contribution in [3.8, 4) is 22.6 Å². The van der Waals surface area contributed by atoms with Gasteiger partial charge in [-0.25, -0.2) is 0 Å². The van der Waals surface area contributed by atoms with E-state index in [4.69, 9.17) is 16.3 Å². The molecule has 22 heavy (non-hydrogen) atoms. The zero-order chi connectivity index (χ0) is 15.7. The number of ether oxygens (including phenoxy) is 1. The van der Waals surface area contributed by atoms with Crippen LogP contribution in [0.5, 0.6) is 11.5 Å². The third-order valence-electron chi connectivity index (χ3n) is 3.72. The average molecular weight is 318 g/mol. The number of fused-ring (bicyclic) bond motifs is 1. The largest absolute Gasteiger partial charge is 0.504 e. The number of aromatic hydroxyl groups is 1. The van der Waals surface area contributed by atoms with Gasteiger partial charge in [0.1, 0.15) is 6.61 Å². The van der Waals surface area contributed by atoms with Crippen molar-refractivity contribution < 1.29 is 14.6 Å². The standard InChI is InChI=1S/C17H16ClNO3/c1-11(20)19-5-6-22-17-14(10-19)7-13(9-16(17)21)12-3-2-4-15(18)8-12/h2-4,7-9,21H,5-6,10H2,1H3. The highest BCUT2D eigenvalue weighted by Crippen LogP contribution is 2.38. The van der Waals surface area contributed by atoms with Crippen LogP contribution >= 0.6 is 11.6 Å². The third-order valence-corrected chi connectivity index (χ3v) is 3.95. The third kappa shape index (κ3) is 2.88. The van der Waals surface area contributed by atoms with Crippen LogP contribution in [0, 0.1) is 0 Å². The lowest BCUT2D eigenvalue weighted by Crippen LogP contribution is -2.30. The molecule has 2 aromatic rings. The highest BCUT2D eigenvalue weighted by Gasteiger charge is 2.21. The Bertz CT molecular complexity index is 730. The monoisotopic (exact) mass is 317 g/mol. The molecule has 1 aliphatic heterocycles. The molecule has 4 nitrogen and oxygen atoms in total. The number of hydrogen-bond donors (Lipinski definition) is 1. The van der Waals surface area contributed by atoms with Crippen LogP contribution in [0.1, 0.15) is 12.5 Å². The number of nitrogens with zero attached hydrogens (tertiary/aromatic N) is 1. The molecule has 2 aromatic carbocycles. The van der Waals surface area contributed by atoms with Crippen LogP contribution < -0.4 is 4.74 Å². The van der Waals surface area contributed by atoms with Gasteiger partial charge in [-0.2, -0.15) is 0 Å². The fraction of sp³-hybridized carbons (Fsp3) is 0.235. The molecular weight excluding hydrogens is 302 g/mol. The second-order valence-corrected chi connectivity index (χ2v) is 5.72. The first kappa shape index (κ1) is 14.7. The Balaban J connectivity index is 2.06. The molecule has 0 radical (unpaired) electrons. The number of amides is 1. The molecule has 0 aliphatic carbocycles. The average Bonchev–Trinajstić information content (AvgIpc) is 2.70. The molecule has 1 amide bonds. The normalized spacial score (nSPS) is 14.0. The maximum Gasteiger partial charge on any atom is 0.219 e. The predicted molar refractivity (Wildman–Crippen MR) is 85.1 cm³/mol. The summed E-state index contributed by atoms with van der Waals surface area (Å²) < 4.78 is 5.60. The topological polar surface area (TPSA) is 49.8 Å². The van der Waals surface area contributed by atoms with E-state index < -0.39 is 0 Å². The van der Waals surface area contributed by atoms with Gasteiger partial charge in [-0.1, -0.05) is 23.7 Å². The fourth-order valence-corrected chi connectivity index (χ4v) is 2.79. The molecule has 0 unspecified atom stereocenters. The number of hydrogen-bond acceptors (Lipinski definition) is 3. The van der Waals surface area contributed by atoms with Gasteiger partial charge in [0.2, 0.25) is 5.91 Å². The Hall–Kier alpha value is -2.20. The lowest BCUT2D eigenvalue weighted by atomic mass is 10.0. The van der Waals surface area contributed by atoms with Gasteiger partial charge in [-0.15, -0.1) is 0 Å². The Morgan fingerprint density at radius 3 is 2.82 bits per heavy atom. The minimum absolute atomic E-state index is 0.0101. The van der Waals surface area contributed by atoms with Crippen molar-refractivity contribution in [2.75, 3.05) is 13.2 Å². The molecule has 0 fully saturated rings. The zero-order valence-electron chi connectivity index (χ0n) is 12.2. The second-order valence-electron chi connectivity index (χ2n) is 5.28. The van der Waals surface area contributed by atoms with Crippen molar-refractivity contribution in [1.82, 2.24) is 4.90 Å². The maximum absolute atomic E-state index is 11.6. The molecule has 0 aromatic heterocycles. The summed E-state index contributed by atoms with van der Waals surface area (Å²) in [6.07, 6.45) is 0. The molecule has 1 N–H and O–H groups in total. The number of halogens is 1. The van der Waals surface area contributed by atoms with E-state index in [9.17, 15) is 9.90 Å². The Morgan fingerprint density at radius 2 is 2.09 bits per heavy atom. The van der Waals surface area contributed by atoms with Gasteiger partial charge in [-0.3, -0.25) is 4.79 Å². The minimum Gasteiger partial charge on any atom is -0.504 e. The van der Waals surface area contributed by atoms with E-state index in [-0.39, 0.29) is 11.7 Å². The van der Waals surface area contributed by atoms with Crippen molar-refractivity contribution in [3.05, 3.63) is 47.0 Å². The van der Waals surface area contributed by atoms with Gasteiger partial charge >= 0.3 is 0 Å². The lowest BCUT2D eigenvalue weighted by Gasteiger charge is -2.17. The molecule has 1 aliphatic rings. The number of rotatable bonds is 1. The number of carbonyl (C=O) groups is 1. The first-order valence-electron chi connectivity index (χ1n) is 7.05. The molecule has 0 bridgehead atoms. The first-order chi connectivity index (χ1) is 10.5. The van der Waals surface area contributed by atoms with Crippen molar-refractivity contribution in [2.45, 2.75) is 13.5 Å². The van der Waals surface area contributed by atoms with Gasteiger partial charge in [-0.05, 0) is 35.4 Å². The Kier molecular flexibility index (Phi) is 3.94. The summed E-state index contributed by atoms with van der Waals surface area (Å²) in [6.45, 7) is 2.84. The summed E-state index contributed by atoms with van der Waals surface area (Å²) in [5, 5.41) is 10.9. The molecule has 0 saturated heterocycles. The molecular formula is C17H16ClNO3. The van der Waals surface area contributed by atoms with Gasteiger partial charge in [0.15, 0.2) is 11.5 Å². The minimum atomic E-state index is -0.0101. The SMILES string of the molecule is CC(=O)N1CCOc2c(O)cc(-c3cccc(Cl)c3)cc2C1. The van der Waals surface area contributed by atoms with Crippen LogP contribution in [0.3, 0.4) is 0 Å². The van der Waals surface area contributed by atoms with Crippen LogP contribution in [-0.4, -0.2) is 29.1 Å². The summed E-state index contributed by atoms with van der Waals surface area (Å²) in [7, 11) is 0. The summed E-state index contributed by atoms with van der Waals surface area (Å²) in [4.78, 5) is 13.3. The summed E-state index contributed by atoms with van der Waals surface area (Å²) in [5.74, 6) is 0.525. The summed E-state index contributed by atoms with van der Waals surface area (Å²) in [6, 6.07) is 11.0. The molecule has 5 heteroatoms. The summed E-state index contributed by atoms with van der Waals surface area (Å²) in [5.41, 5.74) is 2.54. The van der Waals surface area contributed by atoms with Gasteiger partial charge in [0.25, 0.3) is 0 Å². The lowest BCUT2D eigenvalue weighted by molar-refractivity contribution is -0.129. The zero-order valence-corrected chi connectivity index (χ0v) is 12.9. The molecule has 3 rings (SSSR count). The highest BCUT2D eigenvalue weighted by molar-refractivity contribution is 6.30. The number of phenolic OH excluding ortho intramolecular Hbond substituents is 1. The maximum atomic E-state index is 11.6. The van der Waals surface area contributed by atoms with E-state index in [1.165, 1.54) is 6.92 Å². The van der Waals surface area contributed by atoms with Crippen molar-refractivity contribution >= 4 is 17.5 Å². The quantitative estimate of drug-likeness (QED) is 0.876. The molecule has 1 heterocycles. The Morgan fingerprint density at radius 1 is 1.27 bits per heavy atom. The van der Waals surface area contributed by atoms with Crippen LogP contribution in [0.4, 0.5) is 0 Å². The van der Waals surface area contributed by atoms with Crippen molar-refractivity contribution in [3.63, 3.8) is 0 Å². The smallest absolute Gasteiger partial charge is 0.219 e. The number of benzene rings is 2. The van der Waals surface area contributed by atoms with Crippen molar-refractivity contribution in [2.24, 2.45) is 0 Å². The van der Waals surface area contributed by atoms with E-state index in [1.54, 1.807) is 17.0 Å². The van der Waals surface area contributed by atoms with Crippen molar-refractivity contribution in [1.29, 1.82) is 0 Å². The highest BCUT2D eigenvalue weighted by atomic mass is 35.5. The molecule has 114 valence electrons. The van der Waals surface area contributed by atoms with Gasteiger partial charge in [0, 0.05) is 24.1 Å². The van der Waals surface area contributed by atoms with Crippen LogP contribution in [0.25, 0.3) is 11.1 Å². The van der Waals surface area contributed by atoms with E-state index in [2.05, 4.69) is 0 Å². The van der Waals surface area contributed by atoms with Gasteiger partial charge in [0.05, 0.1) is 6.54 Å². The van der Waals surface area contributed by atoms with E-state index >= 15 is 0 Å². The fourth-order valence-electron chi connectivity index (χ4n) is 2.60. The first-order valence-corrected chi connectivity index (χ1v) is 7.42. The molecule has 0 saturated carbocycles. The van der Waals surface area contributed by atoms with E-state index in [1.807, 2.05) is 24.3 Å². The molecule has 0 atom stereocenters. The number of phenols is 1. The predicted octanol–water partition coefficient (Wildman–Crippen LogP) is 3.45. The summed E-state index contributed by atoms with van der Waals surface area (Å²) >= 11 is 6.03. The van der Waals surface area contributed by atoms with Gasteiger partial charge < -0.3 is 14.7 Å². The number of carbonyl (C=O) groups excluding carboxylic acids is 1. The van der Waals surface area contributed by atoms with Crippen LogP contribution in [0.15, 0.2) is 36.4 Å². The Labute approximate surface area is 133 Å². The van der Waals surface area contributed by atoms with Crippen LogP contribution in [-0.2, 0) is 11.3 Å². The second kappa shape index (κ2) is 5.89. The van der Waals surface area contributed by atoms with Crippen LogP contribution in [0.2, 0.25) is 5.02 Å². The van der Waals surface area contributed by atoms with E-state index in [0.717, 1.165) is 16.7 Å². The molecule has 0 spiro atoms. The van der Waals surface area contributed by atoms with E-state index in [0.29, 0.717) is 30.5 Å².